The van der Waals surface area contributed by atoms with Gasteiger partial charge in [0.1, 0.15) is 0 Å². The molecule has 25 heavy (non-hydrogen) atoms. The molecule has 0 aliphatic carbocycles. The Morgan fingerprint density at radius 1 is 1.12 bits per heavy atom. The summed E-state index contributed by atoms with van der Waals surface area (Å²) in [6, 6.07) is 9.66. The van der Waals surface area contributed by atoms with E-state index in [1.165, 1.54) is 19.1 Å². The molecule has 0 radical (unpaired) electrons. The zero-order chi connectivity index (χ0) is 18.6. The molecule has 0 saturated carbocycles. The van der Waals surface area contributed by atoms with E-state index < -0.39 is 23.4 Å². The van der Waals surface area contributed by atoms with Gasteiger partial charge in [0.15, 0.2) is 6.61 Å². The fourth-order valence-electron chi connectivity index (χ4n) is 2.45. The van der Waals surface area contributed by atoms with Gasteiger partial charge >= 0.3 is 5.97 Å². The van der Waals surface area contributed by atoms with Crippen molar-refractivity contribution < 1.29 is 19.2 Å². The molecule has 1 amide bonds. The van der Waals surface area contributed by atoms with E-state index in [9.17, 15) is 19.7 Å². The van der Waals surface area contributed by atoms with Crippen LogP contribution in [0.2, 0.25) is 0 Å². The molecule has 0 atom stereocenters. The summed E-state index contributed by atoms with van der Waals surface area (Å²) in [7, 11) is 0. The van der Waals surface area contributed by atoms with Gasteiger partial charge in [0, 0.05) is 6.07 Å². The molecular weight excluding hydrogens is 324 g/mol. The number of nitrogens with zero attached hydrogens (tertiary/aromatic N) is 1. The van der Waals surface area contributed by atoms with Crippen molar-refractivity contribution >= 4 is 23.3 Å². The zero-order valence-electron chi connectivity index (χ0n) is 14.2. The normalized spacial score (nSPS) is 10.2. The highest BCUT2D eigenvalue weighted by atomic mass is 16.6. The first kappa shape index (κ1) is 18.1. The van der Waals surface area contributed by atoms with Gasteiger partial charge in [-0.25, -0.2) is 4.79 Å². The minimum Gasteiger partial charge on any atom is -0.452 e. The molecule has 1 N–H and O–H groups in total. The van der Waals surface area contributed by atoms with Gasteiger partial charge in [-0.15, -0.1) is 0 Å². The number of nitro benzene ring substituents is 1. The summed E-state index contributed by atoms with van der Waals surface area (Å²) in [5.74, 6) is -1.17. The number of amides is 1. The van der Waals surface area contributed by atoms with Gasteiger partial charge in [0.05, 0.1) is 21.7 Å². The molecule has 0 bridgehead atoms. The summed E-state index contributed by atoms with van der Waals surface area (Å²) in [6.07, 6.45) is 0. The number of carbonyl (C=O) groups excluding carboxylic acids is 2. The molecule has 2 aromatic carbocycles. The van der Waals surface area contributed by atoms with Crippen LogP contribution in [-0.4, -0.2) is 23.4 Å². The second-order valence-electron chi connectivity index (χ2n) is 5.71. The Labute approximate surface area is 144 Å². The van der Waals surface area contributed by atoms with E-state index in [1.807, 2.05) is 19.9 Å². The van der Waals surface area contributed by atoms with Crippen molar-refractivity contribution in [1.29, 1.82) is 0 Å². The number of anilines is 1. The van der Waals surface area contributed by atoms with Crippen molar-refractivity contribution in [1.82, 2.24) is 0 Å². The van der Waals surface area contributed by atoms with E-state index in [1.54, 1.807) is 18.2 Å². The maximum Gasteiger partial charge on any atom is 0.338 e. The van der Waals surface area contributed by atoms with Gasteiger partial charge in [0.2, 0.25) is 0 Å². The predicted octanol–water partition coefficient (Wildman–Crippen LogP) is 3.32. The van der Waals surface area contributed by atoms with E-state index in [-0.39, 0.29) is 5.69 Å². The molecule has 0 heterocycles. The van der Waals surface area contributed by atoms with Crippen molar-refractivity contribution in [2.75, 3.05) is 11.9 Å². The van der Waals surface area contributed by atoms with Crippen LogP contribution < -0.4 is 5.32 Å². The number of carbonyl (C=O) groups is 2. The first-order valence-corrected chi connectivity index (χ1v) is 7.57. The quantitative estimate of drug-likeness (QED) is 0.510. The van der Waals surface area contributed by atoms with Crippen LogP contribution in [0.5, 0.6) is 0 Å². The van der Waals surface area contributed by atoms with Gasteiger partial charge in [0.25, 0.3) is 11.6 Å². The number of rotatable bonds is 5. The number of nitro groups is 1. The van der Waals surface area contributed by atoms with Crippen LogP contribution in [0.15, 0.2) is 36.4 Å². The zero-order valence-corrected chi connectivity index (χ0v) is 14.2. The molecule has 130 valence electrons. The Kier molecular flexibility index (Phi) is 5.49. The second-order valence-corrected chi connectivity index (χ2v) is 5.71. The Balaban J connectivity index is 2.00. The highest BCUT2D eigenvalue weighted by molar-refractivity contribution is 5.96. The Morgan fingerprint density at radius 3 is 2.36 bits per heavy atom. The molecule has 2 rings (SSSR count). The largest absolute Gasteiger partial charge is 0.452 e. The summed E-state index contributed by atoms with van der Waals surface area (Å²) >= 11 is 0. The molecule has 7 heteroatoms. The molecule has 0 aliphatic rings. The lowest BCUT2D eigenvalue weighted by atomic mass is 10.1. The minimum atomic E-state index is -0.599. The van der Waals surface area contributed by atoms with Crippen LogP contribution in [0.25, 0.3) is 0 Å². The maximum atomic E-state index is 12.0. The third kappa shape index (κ3) is 4.63. The lowest BCUT2D eigenvalue weighted by Crippen LogP contribution is -2.21. The number of esters is 1. The predicted molar refractivity (Wildman–Crippen MR) is 92.7 cm³/mol. The van der Waals surface area contributed by atoms with Crippen molar-refractivity contribution in [3.05, 3.63) is 68.8 Å². The van der Waals surface area contributed by atoms with Gasteiger partial charge in [-0.2, -0.15) is 0 Å². The summed E-state index contributed by atoms with van der Waals surface area (Å²) in [4.78, 5) is 34.4. The first-order chi connectivity index (χ1) is 11.8. The lowest BCUT2D eigenvalue weighted by Gasteiger charge is -2.09. The molecule has 0 unspecified atom stereocenters. The first-order valence-electron chi connectivity index (χ1n) is 7.57. The molecule has 0 fully saturated rings. The fraction of sp³-hybridized carbons (Fsp3) is 0.222. The third-order valence-corrected chi connectivity index (χ3v) is 3.57. The molecule has 0 saturated heterocycles. The maximum absolute atomic E-state index is 12.0. The van der Waals surface area contributed by atoms with Gasteiger partial charge < -0.3 is 10.1 Å². The monoisotopic (exact) mass is 342 g/mol. The van der Waals surface area contributed by atoms with Crippen LogP contribution >= 0.6 is 0 Å². The number of nitrogens with one attached hydrogen (secondary N) is 1. The number of hydrogen-bond acceptors (Lipinski definition) is 5. The SMILES string of the molecule is Cc1cc(C)cc(C(=O)OCC(=O)Nc2cccc([N+](=O)[O-])c2C)c1. The van der Waals surface area contributed by atoms with Crippen LogP contribution in [0.3, 0.4) is 0 Å². The van der Waals surface area contributed by atoms with E-state index in [4.69, 9.17) is 4.74 Å². The number of aryl methyl sites for hydroxylation is 2. The second kappa shape index (κ2) is 7.57. The number of benzene rings is 2. The van der Waals surface area contributed by atoms with E-state index in [0.717, 1.165) is 11.1 Å². The average molecular weight is 342 g/mol. The van der Waals surface area contributed by atoms with Crippen LogP contribution in [-0.2, 0) is 9.53 Å². The number of hydrogen-bond donors (Lipinski definition) is 1. The van der Waals surface area contributed by atoms with Crippen molar-refractivity contribution in [3.8, 4) is 0 Å². The average Bonchev–Trinajstić information content (AvgIpc) is 2.53. The van der Waals surface area contributed by atoms with Crippen molar-refractivity contribution in [3.63, 3.8) is 0 Å². The van der Waals surface area contributed by atoms with E-state index in [2.05, 4.69) is 5.32 Å². The van der Waals surface area contributed by atoms with Gasteiger partial charge in [-0.1, -0.05) is 23.3 Å². The summed E-state index contributed by atoms with van der Waals surface area (Å²) in [6.45, 7) is 4.78. The molecular formula is C18H18N2O5. The fourth-order valence-corrected chi connectivity index (χ4v) is 2.45. The molecule has 0 spiro atoms. The molecule has 0 aromatic heterocycles. The summed E-state index contributed by atoms with van der Waals surface area (Å²) in [5.41, 5.74) is 2.76. The van der Waals surface area contributed by atoms with Crippen LogP contribution in [0.1, 0.15) is 27.0 Å². The Hall–Kier alpha value is -3.22. The highest BCUT2D eigenvalue weighted by Gasteiger charge is 2.16. The standard InChI is InChI=1S/C18H18N2O5/c1-11-7-12(2)9-14(8-11)18(22)25-10-17(21)19-15-5-4-6-16(13(15)3)20(23)24/h4-9H,10H2,1-3H3,(H,19,21). The van der Waals surface area contributed by atoms with Crippen LogP contribution in [0.4, 0.5) is 11.4 Å². The molecule has 2 aromatic rings. The topological polar surface area (TPSA) is 98.5 Å². The van der Waals surface area contributed by atoms with Gasteiger partial charge in [-0.05, 0) is 39.0 Å². The van der Waals surface area contributed by atoms with Gasteiger partial charge in [-0.3, -0.25) is 14.9 Å². The summed E-state index contributed by atoms with van der Waals surface area (Å²) < 4.78 is 5.00. The smallest absolute Gasteiger partial charge is 0.338 e. The highest BCUT2D eigenvalue weighted by Crippen LogP contribution is 2.24. The minimum absolute atomic E-state index is 0.0926. The summed E-state index contributed by atoms with van der Waals surface area (Å²) in [5, 5.41) is 13.4. The van der Waals surface area contributed by atoms with Crippen molar-refractivity contribution in [2.45, 2.75) is 20.8 Å². The number of ether oxygens (including phenoxy) is 1. The van der Waals surface area contributed by atoms with E-state index >= 15 is 0 Å². The van der Waals surface area contributed by atoms with Crippen molar-refractivity contribution in [2.24, 2.45) is 0 Å². The molecule has 7 nitrogen and oxygen atoms in total. The van der Waals surface area contributed by atoms with E-state index in [0.29, 0.717) is 16.8 Å². The lowest BCUT2D eigenvalue weighted by molar-refractivity contribution is -0.385. The Bertz CT molecular complexity index is 825. The third-order valence-electron chi connectivity index (χ3n) is 3.57. The molecule has 0 aliphatic heterocycles. The Morgan fingerprint density at radius 2 is 1.76 bits per heavy atom. The van der Waals surface area contributed by atoms with Crippen LogP contribution in [0, 0.1) is 30.9 Å².